The second kappa shape index (κ2) is 4.77. The number of thiocarbonyl (C=S) groups is 1. The van der Waals surface area contributed by atoms with Crippen LogP contribution in [0.5, 0.6) is 0 Å². The summed E-state index contributed by atoms with van der Waals surface area (Å²) in [6.45, 7) is 2.44. The molecule has 0 aromatic carbocycles. The minimum absolute atomic E-state index is 0.287. The van der Waals surface area contributed by atoms with E-state index in [1.54, 1.807) is 0 Å². The number of rotatable bonds is 2. The predicted molar refractivity (Wildman–Crippen MR) is 77.1 cm³/mol. The van der Waals surface area contributed by atoms with Crippen LogP contribution < -0.4 is 10.6 Å². The Bertz CT molecular complexity index is 533. The molecule has 1 unspecified atom stereocenters. The van der Waals surface area contributed by atoms with Crippen molar-refractivity contribution in [2.75, 3.05) is 24.5 Å². The minimum Gasteiger partial charge on any atom is -0.388 e. The third-order valence-electron chi connectivity index (χ3n) is 3.81. The molecule has 0 aliphatic carbocycles. The molecule has 1 atom stereocenters. The summed E-state index contributed by atoms with van der Waals surface area (Å²) in [4.78, 5) is 20.7. The quantitative estimate of drug-likeness (QED) is 0.798. The van der Waals surface area contributed by atoms with Crippen molar-refractivity contribution >= 4 is 28.9 Å². The second-order valence-electron chi connectivity index (χ2n) is 4.97. The largest absolute Gasteiger partial charge is 0.388 e. The molecule has 2 aliphatic heterocycles. The van der Waals surface area contributed by atoms with Crippen LogP contribution in [0.2, 0.25) is 0 Å². The third-order valence-corrected chi connectivity index (χ3v) is 4.01. The number of fused-ring (bicyclic) bond motifs is 1. The van der Waals surface area contributed by atoms with Gasteiger partial charge in [-0.25, -0.2) is 4.98 Å². The fourth-order valence-electron chi connectivity index (χ4n) is 2.81. The maximum absolute atomic E-state index is 11.7. The first-order valence-electron chi connectivity index (χ1n) is 6.46. The highest BCUT2D eigenvalue weighted by Gasteiger charge is 2.35. The summed E-state index contributed by atoms with van der Waals surface area (Å²) in [5.41, 5.74) is 6.26. The van der Waals surface area contributed by atoms with E-state index in [1.165, 1.54) is 0 Å². The Morgan fingerprint density at radius 1 is 1.42 bits per heavy atom. The van der Waals surface area contributed by atoms with Crippen molar-refractivity contribution in [3.63, 3.8) is 0 Å². The van der Waals surface area contributed by atoms with Crippen molar-refractivity contribution in [1.82, 2.24) is 9.88 Å². The molecule has 5 nitrogen and oxygen atoms in total. The van der Waals surface area contributed by atoms with Gasteiger partial charge in [-0.1, -0.05) is 18.3 Å². The number of carbonyl (C=O) groups is 1. The van der Waals surface area contributed by atoms with Gasteiger partial charge in [-0.05, 0) is 18.6 Å². The maximum Gasteiger partial charge on any atom is 0.223 e. The smallest absolute Gasteiger partial charge is 0.223 e. The van der Waals surface area contributed by atoms with Gasteiger partial charge in [-0.15, -0.1) is 0 Å². The SMILES string of the molecule is NC(=S)c1cccc(N2CCN3C(=O)CCC3C2)n1. The van der Waals surface area contributed by atoms with Gasteiger partial charge in [0.25, 0.3) is 0 Å². The number of carbonyl (C=O) groups excluding carboxylic acids is 1. The van der Waals surface area contributed by atoms with E-state index in [0.29, 0.717) is 23.1 Å². The zero-order valence-electron chi connectivity index (χ0n) is 10.6. The molecule has 1 amide bonds. The topological polar surface area (TPSA) is 62.5 Å². The lowest BCUT2D eigenvalue weighted by atomic mass is 10.1. The Labute approximate surface area is 117 Å². The lowest BCUT2D eigenvalue weighted by Gasteiger charge is -2.38. The van der Waals surface area contributed by atoms with Gasteiger partial charge in [-0.3, -0.25) is 4.79 Å². The van der Waals surface area contributed by atoms with Crippen LogP contribution in [0.3, 0.4) is 0 Å². The van der Waals surface area contributed by atoms with Crippen molar-refractivity contribution in [3.8, 4) is 0 Å². The standard InChI is InChI=1S/C13H16N4OS/c14-13(19)10-2-1-3-11(15-10)16-6-7-17-9(8-16)4-5-12(17)18/h1-3,9H,4-8H2,(H2,14,19). The van der Waals surface area contributed by atoms with Crippen molar-refractivity contribution in [3.05, 3.63) is 23.9 Å². The van der Waals surface area contributed by atoms with Gasteiger partial charge in [0.2, 0.25) is 5.91 Å². The van der Waals surface area contributed by atoms with Gasteiger partial charge >= 0.3 is 0 Å². The van der Waals surface area contributed by atoms with Gasteiger partial charge in [0.1, 0.15) is 10.8 Å². The molecule has 0 spiro atoms. The molecule has 1 aromatic rings. The third kappa shape index (κ3) is 2.28. The van der Waals surface area contributed by atoms with E-state index in [4.69, 9.17) is 18.0 Å². The highest BCUT2D eigenvalue weighted by atomic mass is 32.1. The lowest BCUT2D eigenvalue weighted by molar-refractivity contribution is -0.129. The minimum atomic E-state index is 0.287. The zero-order valence-corrected chi connectivity index (χ0v) is 11.4. The Morgan fingerprint density at radius 2 is 2.26 bits per heavy atom. The Balaban J connectivity index is 1.78. The Morgan fingerprint density at radius 3 is 3.05 bits per heavy atom. The number of hydrogen-bond acceptors (Lipinski definition) is 4. The zero-order chi connectivity index (χ0) is 13.4. The van der Waals surface area contributed by atoms with E-state index in [2.05, 4.69) is 9.88 Å². The number of nitrogens with zero attached hydrogens (tertiary/aromatic N) is 3. The normalized spacial score (nSPS) is 22.5. The summed E-state index contributed by atoms with van der Waals surface area (Å²) in [7, 11) is 0. The number of anilines is 1. The van der Waals surface area contributed by atoms with E-state index < -0.39 is 0 Å². The molecule has 19 heavy (non-hydrogen) atoms. The van der Waals surface area contributed by atoms with Crippen LogP contribution in [0.15, 0.2) is 18.2 Å². The molecule has 3 heterocycles. The summed E-state index contributed by atoms with van der Waals surface area (Å²) in [5.74, 6) is 1.18. The van der Waals surface area contributed by atoms with E-state index in [1.807, 2.05) is 23.1 Å². The van der Waals surface area contributed by atoms with Gasteiger partial charge in [0.15, 0.2) is 0 Å². The van der Waals surface area contributed by atoms with Gasteiger partial charge in [0, 0.05) is 32.1 Å². The summed E-state index contributed by atoms with van der Waals surface area (Å²) < 4.78 is 0. The van der Waals surface area contributed by atoms with Crippen molar-refractivity contribution < 1.29 is 4.79 Å². The molecule has 0 radical (unpaired) electrons. The molecule has 6 heteroatoms. The predicted octanol–water partition coefficient (Wildman–Crippen LogP) is 0.527. The summed E-state index contributed by atoms with van der Waals surface area (Å²) in [5, 5.41) is 0. The first-order valence-corrected chi connectivity index (χ1v) is 6.87. The summed E-state index contributed by atoms with van der Waals surface area (Å²) in [6.07, 6.45) is 1.63. The molecule has 0 saturated carbocycles. The van der Waals surface area contributed by atoms with Crippen LogP contribution in [0.25, 0.3) is 0 Å². The van der Waals surface area contributed by atoms with Crippen molar-refractivity contribution in [2.24, 2.45) is 5.73 Å². The number of pyridine rings is 1. The molecule has 2 aliphatic rings. The van der Waals surface area contributed by atoms with E-state index in [0.717, 1.165) is 31.9 Å². The number of piperazine rings is 1. The molecular weight excluding hydrogens is 260 g/mol. The first-order chi connectivity index (χ1) is 9.15. The van der Waals surface area contributed by atoms with Crippen LogP contribution in [-0.4, -0.2) is 46.5 Å². The van der Waals surface area contributed by atoms with E-state index in [-0.39, 0.29) is 5.91 Å². The monoisotopic (exact) mass is 276 g/mol. The number of hydrogen-bond donors (Lipinski definition) is 1. The molecule has 2 N–H and O–H groups in total. The lowest BCUT2D eigenvalue weighted by Crippen LogP contribution is -2.51. The number of amides is 1. The van der Waals surface area contributed by atoms with E-state index in [9.17, 15) is 4.79 Å². The number of nitrogens with two attached hydrogens (primary N) is 1. The second-order valence-corrected chi connectivity index (χ2v) is 5.41. The molecule has 2 fully saturated rings. The Kier molecular flexibility index (Phi) is 3.10. The summed E-state index contributed by atoms with van der Waals surface area (Å²) in [6, 6.07) is 6.04. The van der Waals surface area contributed by atoms with Crippen LogP contribution in [0.4, 0.5) is 5.82 Å². The van der Waals surface area contributed by atoms with Gasteiger partial charge in [0.05, 0.1) is 5.69 Å². The Hall–Kier alpha value is -1.69. The molecule has 0 bridgehead atoms. The molecule has 2 saturated heterocycles. The molecule has 100 valence electrons. The van der Waals surface area contributed by atoms with Crippen LogP contribution >= 0.6 is 12.2 Å². The average molecular weight is 276 g/mol. The van der Waals surface area contributed by atoms with E-state index >= 15 is 0 Å². The highest BCUT2D eigenvalue weighted by Crippen LogP contribution is 2.25. The van der Waals surface area contributed by atoms with Gasteiger partial charge < -0.3 is 15.5 Å². The first kappa shape index (κ1) is 12.3. The van der Waals surface area contributed by atoms with Gasteiger partial charge in [-0.2, -0.15) is 0 Å². The van der Waals surface area contributed by atoms with Crippen LogP contribution in [0.1, 0.15) is 18.5 Å². The summed E-state index contributed by atoms with van der Waals surface area (Å²) >= 11 is 4.96. The van der Waals surface area contributed by atoms with Crippen LogP contribution in [-0.2, 0) is 4.79 Å². The maximum atomic E-state index is 11.7. The number of aromatic nitrogens is 1. The molecular formula is C13H16N4OS. The molecule has 1 aromatic heterocycles. The van der Waals surface area contributed by atoms with Crippen molar-refractivity contribution in [2.45, 2.75) is 18.9 Å². The average Bonchev–Trinajstić information content (AvgIpc) is 2.80. The fraction of sp³-hybridized carbons (Fsp3) is 0.462. The highest BCUT2D eigenvalue weighted by molar-refractivity contribution is 7.80. The van der Waals surface area contributed by atoms with Crippen LogP contribution in [0, 0.1) is 0 Å². The molecule has 3 rings (SSSR count). The van der Waals surface area contributed by atoms with Crippen molar-refractivity contribution in [1.29, 1.82) is 0 Å². The fourth-order valence-corrected chi connectivity index (χ4v) is 2.92.